The van der Waals surface area contributed by atoms with Gasteiger partial charge in [0.1, 0.15) is 0 Å². The second-order valence-corrected chi connectivity index (χ2v) is 2.53. The number of nitrogens with one attached hydrogen (secondary N) is 1. The van der Waals surface area contributed by atoms with Gasteiger partial charge in [0.05, 0.1) is 7.11 Å². The molecule has 0 atom stereocenters. The predicted octanol–water partition coefficient (Wildman–Crippen LogP) is 0.0979. The summed E-state index contributed by atoms with van der Waals surface area (Å²) in [6, 6.07) is 0. The minimum absolute atomic E-state index is 0.401. The lowest BCUT2D eigenvalue weighted by Crippen LogP contribution is -2.24. The summed E-state index contributed by atoms with van der Waals surface area (Å²) in [6.45, 7) is 2.56. The lowest BCUT2D eigenvalue weighted by atomic mass is 10.4. The number of nitrogens with two attached hydrogens (primary N) is 1. The van der Waals surface area contributed by atoms with Crippen LogP contribution in [0, 0.1) is 0 Å². The van der Waals surface area contributed by atoms with Crippen molar-refractivity contribution >= 4 is 6.09 Å². The van der Waals surface area contributed by atoms with Crippen LogP contribution in [0.25, 0.3) is 0 Å². The smallest absolute Gasteiger partial charge is 0.406 e. The van der Waals surface area contributed by atoms with E-state index in [9.17, 15) is 4.79 Å². The van der Waals surface area contributed by atoms with Gasteiger partial charge in [0, 0.05) is 19.8 Å². The van der Waals surface area contributed by atoms with Crippen molar-refractivity contribution in [1.82, 2.24) is 5.32 Å². The lowest BCUT2D eigenvalue weighted by Gasteiger charge is -2.04. The Labute approximate surface area is 78.6 Å². The number of carbonyl (C=O) groups is 1. The van der Waals surface area contributed by atoms with E-state index in [-0.39, 0.29) is 0 Å². The molecule has 5 heteroatoms. The van der Waals surface area contributed by atoms with E-state index in [0.717, 1.165) is 12.8 Å². The van der Waals surface area contributed by atoms with E-state index in [2.05, 4.69) is 10.1 Å². The molecule has 0 fully saturated rings. The standard InChI is InChI=1S/C8H18N2O3/c1-12-8(11)10-5-3-7-13-6-2-4-9/h2-7,9H2,1H3,(H,10,11). The summed E-state index contributed by atoms with van der Waals surface area (Å²) in [5.74, 6) is 0. The van der Waals surface area contributed by atoms with Crippen LogP contribution < -0.4 is 11.1 Å². The van der Waals surface area contributed by atoms with E-state index in [1.165, 1.54) is 7.11 Å². The molecule has 0 aliphatic rings. The number of hydrogen-bond donors (Lipinski definition) is 2. The van der Waals surface area contributed by atoms with Crippen LogP contribution in [0.4, 0.5) is 4.79 Å². The van der Waals surface area contributed by atoms with Gasteiger partial charge in [-0.2, -0.15) is 0 Å². The Morgan fingerprint density at radius 2 is 2.08 bits per heavy atom. The molecule has 0 aromatic rings. The molecule has 0 spiro atoms. The second kappa shape index (κ2) is 9.28. The summed E-state index contributed by atoms with van der Waals surface area (Å²) in [4.78, 5) is 10.6. The molecule has 0 saturated heterocycles. The fourth-order valence-electron chi connectivity index (χ4n) is 0.724. The van der Waals surface area contributed by atoms with E-state index in [0.29, 0.717) is 26.3 Å². The van der Waals surface area contributed by atoms with Gasteiger partial charge in [0.2, 0.25) is 0 Å². The largest absolute Gasteiger partial charge is 0.453 e. The molecular formula is C8H18N2O3. The van der Waals surface area contributed by atoms with Gasteiger partial charge in [-0.15, -0.1) is 0 Å². The average Bonchev–Trinajstić information content (AvgIpc) is 2.16. The van der Waals surface area contributed by atoms with E-state index in [1.807, 2.05) is 0 Å². The van der Waals surface area contributed by atoms with Crippen LogP contribution in [-0.2, 0) is 9.47 Å². The molecule has 0 saturated carbocycles. The van der Waals surface area contributed by atoms with Crippen molar-refractivity contribution in [3.8, 4) is 0 Å². The first-order valence-corrected chi connectivity index (χ1v) is 4.41. The maximum Gasteiger partial charge on any atom is 0.406 e. The Morgan fingerprint density at radius 3 is 2.69 bits per heavy atom. The van der Waals surface area contributed by atoms with E-state index >= 15 is 0 Å². The highest BCUT2D eigenvalue weighted by Gasteiger charge is 1.95. The summed E-state index contributed by atoms with van der Waals surface area (Å²) in [6.07, 6.45) is 1.27. The molecule has 0 aliphatic carbocycles. The second-order valence-electron chi connectivity index (χ2n) is 2.53. The summed E-state index contributed by atoms with van der Waals surface area (Å²) in [5, 5.41) is 2.56. The fourth-order valence-corrected chi connectivity index (χ4v) is 0.724. The highest BCUT2D eigenvalue weighted by atomic mass is 16.5. The molecule has 0 aromatic heterocycles. The van der Waals surface area contributed by atoms with Crippen LogP contribution in [0.2, 0.25) is 0 Å². The van der Waals surface area contributed by atoms with Gasteiger partial charge < -0.3 is 20.5 Å². The van der Waals surface area contributed by atoms with Gasteiger partial charge in [0.25, 0.3) is 0 Å². The number of hydrogen-bond acceptors (Lipinski definition) is 4. The van der Waals surface area contributed by atoms with Gasteiger partial charge in [-0.25, -0.2) is 4.79 Å². The van der Waals surface area contributed by atoms with Crippen molar-refractivity contribution < 1.29 is 14.3 Å². The van der Waals surface area contributed by atoms with Gasteiger partial charge in [-0.05, 0) is 19.4 Å². The maximum absolute atomic E-state index is 10.6. The minimum atomic E-state index is -0.401. The first kappa shape index (κ1) is 12.2. The molecule has 13 heavy (non-hydrogen) atoms. The number of rotatable bonds is 7. The molecule has 0 bridgehead atoms. The molecule has 0 heterocycles. The summed E-state index contributed by atoms with van der Waals surface area (Å²) >= 11 is 0. The monoisotopic (exact) mass is 190 g/mol. The molecule has 5 nitrogen and oxygen atoms in total. The van der Waals surface area contributed by atoms with Gasteiger partial charge in [-0.1, -0.05) is 0 Å². The maximum atomic E-state index is 10.6. The van der Waals surface area contributed by atoms with E-state index in [1.54, 1.807) is 0 Å². The van der Waals surface area contributed by atoms with Gasteiger partial charge in [0.15, 0.2) is 0 Å². The normalized spacial score (nSPS) is 9.69. The molecule has 0 radical (unpaired) electrons. The first-order chi connectivity index (χ1) is 6.31. The lowest BCUT2D eigenvalue weighted by molar-refractivity contribution is 0.129. The molecule has 0 aromatic carbocycles. The van der Waals surface area contributed by atoms with Gasteiger partial charge in [-0.3, -0.25) is 0 Å². The summed E-state index contributed by atoms with van der Waals surface area (Å²) < 4.78 is 9.61. The Kier molecular flexibility index (Phi) is 8.70. The van der Waals surface area contributed by atoms with Crippen LogP contribution in [-0.4, -0.2) is 39.5 Å². The van der Waals surface area contributed by atoms with Crippen molar-refractivity contribution in [3.05, 3.63) is 0 Å². The van der Waals surface area contributed by atoms with Crippen molar-refractivity contribution in [2.45, 2.75) is 12.8 Å². The third-order valence-electron chi connectivity index (χ3n) is 1.41. The topological polar surface area (TPSA) is 73.6 Å². The Balaban J connectivity index is 2.95. The summed E-state index contributed by atoms with van der Waals surface area (Å²) in [7, 11) is 1.34. The van der Waals surface area contributed by atoms with E-state index < -0.39 is 6.09 Å². The summed E-state index contributed by atoms with van der Waals surface area (Å²) in [5.41, 5.74) is 5.27. The average molecular weight is 190 g/mol. The fraction of sp³-hybridized carbons (Fsp3) is 0.875. The number of methoxy groups -OCH3 is 1. The molecule has 0 rings (SSSR count). The minimum Gasteiger partial charge on any atom is -0.453 e. The SMILES string of the molecule is COC(=O)NCCCOCCCN. The predicted molar refractivity (Wildman–Crippen MR) is 49.5 cm³/mol. The van der Waals surface area contributed by atoms with Crippen LogP contribution in [0.1, 0.15) is 12.8 Å². The van der Waals surface area contributed by atoms with Crippen LogP contribution >= 0.6 is 0 Å². The quantitative estimate of drug-likeness (QED) is 0.558. The van der Waals surface area contributed by atoms with Gasteiger partial charge >= 0.3 is 6.09 Å². The Morgan fingerprint density at radius 1 is 1.38 bits per heavy atom. The van der Waals surface area contributed by atoms with Crippen LogP contribution in [0.5, 0.6) is 0 Å². The molecule has 1 amide bonds. The van der Waals surface area contributed by atoms with Crippen molar-refractivity contribution in [2.24, 2.45) is 5.73 Å². The number of carbonyl (C=O) groups excluding carboxylic acids is 1. The molecule has 78 valence electrons. The van der Waals surface area contributed by atoms with Crippen LogP contribution in [0.15, 0.2) is 0 Å². The molecular weight excluding hydrogens is 172 g/mol. The zero-order valence-electron chi connectivity index (χ0n) is 8.04. The Hall–Kier alpha value is -0.810. The third kappa shape index (κ3) is 9.10. The van der Waals surface area contributed by atoms with Crippen molar-refractivity contribution in [3.63, 3.8) is 0 Å². The highest BCUT2D eigenvalue weighted by Crippen LogP contribution is 1.84. The molecule has 0 unspecified atom stereocenters. The first-order valence-electron chi connectivity index (χ1n) is 4.41. The number of amides is 1. The van der Waals surface area contributed by atoms with Crippen LogP contribution in [0.3, 0.4) is 0 Å². The highest BCUT2D eigenvalue weighted by molar-refractivity contribution is 5.66. The van der Waals surface area contributed by atoms with E-state index in [4.69, 9.17) is 10.5 Å². The van der Waals surface area contributed by atoms with Crippen molar-refractivity contribution in [1.29, 1.82) is 0 Å². The Bertz CT molecular complexity index is 131. The number of ether oxygens (including phenoxy) is 2. The van der Waals surface area contributed by atoms with Crippen molar-refractivity contribution in [2.75, 3.05) is 33.4 Å². The molecule has 0 aliphatic heterocycles. The molecule has 3 N–H and O–H groups in total. The zero-order chi connectivity index (χ0) is 9.94. The zero-order valence-corrected chi connectivity index (χ0v) is 8.04. The number of alkyl carbamates (subject to hydrolysis) is 1. The third-order valence-corrected chi connectivity index (χ3v) is 1.41.